The van der Waals surface area contributed by atoms with E-state index in [0.29, 0.717) is 0 Å². The largest absolute Gasteiger partial charge is 2.00 e. The number of nitrogens with one attached hydrogen (secondary N) is 1. The SMILES string of the molecule is CCNc1ccccc1.[Cl-].[Cl-].[Mg+2]. The Morgan fingerprint density at radius 3 is 2.00 bits per heavy atom. The number of para-hydroxylation sites is 1. The molecule has 0 aromatic heterocycles. The number of rotatable bonds is 2. The van der Waals surface area contributed by atoms with Gasteiger partial charge in [-0.05, 0) is 19.1 Å². The average molecular weight is 216 g/mol. The topological polar surface area (TPSA) is 12.0 Å². The number of hydrogen-bond donors (Lipinski definition) is 1. The van der Waals surface area contributed by atoms with E-state index in [0.717, 1.165) is 6.54 Å². The molecule has 0 unspecified atom stereocenters. The molecule has 12 heavy (non-hydrogen) atoms. The second kappa shape index (κ2) is 11.4. The third-order valence-electron chi connectivity index (χ3n) is 1.15. The van der Waals surface area contributed by atoms with Gasteiger partial charge in [-0.25, -0.2) is 0 Å². The summed E-state index contributed by atoms with van der Waals surface area (Å²) in [5.41, 5.74) is 1.19. The van der Waals surface area contributed by atoms with Crippen LogP contribution in [0, 0.1) is 0 Å². The van der Waals surface area contributed by atoms with Crippen molar-refractivity contribution in [2.45, 2.75) is 6.92 Å². The smallest absolute Gasteiger partial charge is 1.00 e. The standard InChI is InChI=1S/C8H11N.2ClH.Mg/c1-2-9-8-6-4-3-5-7-8;;;/h3-7,9H,2H2,1H3;2*1H;/q;;;+2/p-2. The van der Waals surface area contributed by atoms with Crippen molar-refractivity contribution in [2.24, 2.45) is 0 Å². The maximum absolute atomic E-state index is 3.21. The van der Waals surface area contributed by atoms with Crippen molar-refractivity contribution < 1.29 is 24.8 Å². The van der Waals surface area contributed by atoms with E-state index >= 15 is 0 Å². The monoisotopic (exact) mass is 215 g/mol. The normalized spacial score (nSPS) is 6.75. The Hall–Kier alpha value is 0.366. The van der Waals surface area contributed by atoms with Gasteiger partial charge in [0.15, 0.2) is 0 Å². The molecule has 0 aliphatic rings. The summed E-state index contributed by atoms with van der Waals surface area (Å²) in [6.45, 7) is 3.08. The van der Waals surface area contributed by atoms with E-state index in [4.69, 9.17) is 0 Å². The summed E-state index contributed by atoms with van der Waals surface area (Å²) >= 11 is 0. The van der Waals surface area contributed by atoms with Crippen molar-refractivity contribution in [2.75, 3.05) is 11.9 Å². The van der Waals surface area contributed by atoms with Crippen molar-refractivity contribution in [3.63, 3.8) is 0 Å². The van der Waals surface area contributed by atoms with Crippen LogP contribution < -0.4 is 30.1 Å². The van der Waals surface area contributed by atoms with Crippen molar-refractivity contribution in [1.29, 1.82) is 0 Å². The summed E-state index contributed by atoms with van der Waals surface area (Å²) in [6, 6.07) is 10.2. The second-order valence-corrected chi connectivity index (χ2v) is 1.90. The summed E-state index contributed by atoms with van der Waals surface area (Å²) in [5, 5.41) is 3.21. The molecule has 64 valence electrons. The summed E-state index contributed by atoms with van der Waals surface area (Å²) in [4.78, 5) is 0. The van der Waals surface area contributed by atoms with Gasteiger partial charge in [0.25, 0.3) is 0 Å². The quantitative estimate of drug-likeness (QED) is 0.494. The van der Waals surface area contributed by atoms with Crippen LogP contribution in [0.1, 0.15) is 6.92 Å². The molecule has 0 heterocycles. The molecule has 0 fully saturated rings. The first-order valence-electron chi connectivity index (χ1n) is 3.22. The molecule has 1 nitrogen and oxygen atoms in total. The van der Waals surface area contributed by atoms with Crippen LogP contribution in [-0.4, -0.2) is 29.6 Å². The van der Waals surface area contributed by atoms with Crippen LogP contribution in [0.5, 0.6) is 0 Å². The molecule has 0 bridgehead atoms. The van der Waals surface area contributed by atoms with Gasteiger partial charge in [-0.3, -0.25) is 0 Å². The van der Waals surface area contributed by atoms with Crippen LogP contribution in [0.25, 0.3) is 0 Å². The maximum Gasteiger partial charge on any atom is 2.00 e. The van der Waals surface area contributed by atoms with E-state index in [1.165, 1.54) is 5.69 Å². The van der Waals surface area contributed by atoms with Crippen molar-refractivity contribution >= 4 is 28.7 Å². The fourth-order valence-corrected chi connectivity index (χ4v) is 0.760. The van der Waals surface area contributed by atoms with Crippen LogP contribution >= 0.6 is 0 Å². The minimum Gasteiger partial charge on any atom is -1.00 e. The van der Waals surface area contributed by atoms with Crippen molar-refractivity contribution in [1.82, 2.24) is 0 Å². The Kier molecular flexibility index (Phi) is 17.2. The molecule has 0 saturated heterocycles. The minimum absolute atomic E-state index is 0. The van der Waals surface area contributed by atoms with Crippen LogP contribution in [0.15, 0.2) is 30.3 Å². The van der Waals surface area contributed by atoms with Crippen LogP contribution in [0.4, 0.5) is 5.69 Å². The van der Waals surface area contributed by atoms with Gasteiger partial charge < -0.3 is 30.1 Å². The molecular weight excluding hydrogens is 205 g/mol. The molecule has 1 N–H and O–H groups in total. The molecule has 1 rings (SSSR count). The third kappa shape index (κ3) is 7.04. The Labute approximate surface area is 102 Å². The molecular formula is C8H11Cl2MgN. The summed E-state index contributed by atoms with van der Waals surface area (Å²) < 4.78 is 0. The fraction of sp³-hybridized carbons (Fsp3) is 0.250. The van der Waals surface area contributed by atoms with Gasteiger partial charge >= 0.3 is 23.1 Å². The Morgan fingerprint density at radius 1 is 1.08 bits per heavy atom. The van der Waals surface area contributed by atoms with Crippen LogP contribution in [-0.2, 0) is 0 Å². The van der Waals surface area contributed by atoms with Crippen LogP contribution in [0.3, 0.4) is 0 Å². The number of anilines is 1. The maximum atomic E-state index is 3.21. The molecule has 0 atom stereocenters. The average Bonchev–Trinajstić information content (AvgIpc) is 1.91. The summed E-state index contributed by atoms with van der Waals surface area (Å²) in [6.07, 6.45) is 0. The zero-order valence-corrected chi connectivity index (χ0v) is 9.98. The molecule has 0 amide bonds. The summed E-state index contributed by atoms with van der Waals surface area (Å²) in [7, 11) is 0. The van der Waals surface area contributed by atoms with Gasteiger partial charge in [-0.1, -0.05) is 18.2 Å². The number of halogens is 2. The van der Waals surface area contributed by atoms with Gasteiger partial charge in [0, 0.05) is 12.2 Å². The first-order valence-corrected chi connectivity index (χ1v) is 3.22. The fourth-order valence-electron chi connectivity index (χ4n) is 0.760. The Bertz CT molecular complexity index is 170. The Morgan fingerprint density at radius 2 is 1.58 bits per heavy atom. The van der Waals surface area contributed by atoms with E-state index in [1.807, 2.05) is 18.2 Å². The van der Waals surface area contributed by atoms with Gasteiger partial charge in [-0.15, -0.1) is 0 Å². The summed E-state index contributed by atoms with van der Waals surface area (Å²) in [5.74, 6) is 0. The molecule has 0 radical (unpaired) electrons. The number of benzene rings is 1. The predicted molar refractivity (Wildman–Crippen MR) is 46.4 cm³/mol. The molecule has 1 aromatic rings. The van der Waals surface area contributed by atoms with Gasteiger partial charge in [-0.2, -0.15) is 0 Å². The van der Waals surface area contributed by atoms with Gasteiger partial charge in [0.05, 0.1) is 0 Å². The second-order valence-electron chi connectivity index (χ2n) is 1.90. The van der Waals surface area contributed by atoms with Gasteiger partial charge in [0.1, 0.15) is 0 Å². The molecule has 0 saturated carbocycles. The van der Waals surface area contributed by atoms with Gasteiger partial charge in [0.2, 0.25) is 0 Å². The van der Waals surface area contributed by atoms with E-state index < -0.39 is 0 Å². The molecule has 1 aromatic carbocycles. The van der Waals surface area contributed by atoms with Crippen LogP contribution in [0.2, 0.25) is 0 Å². The minimum atomic E-state index is 0. The zero-order chi connectivity index (χ0) is 6.53. The first kappa shape index (κ1) is 18.2. The molecule has 0 spiro atoms. The van der Waals surface area contributed by atoms with E-state index in [1.54, 1.807) is 0 Å². The molecule has 0 aliphatic heterocycles. The van der Waals surface area contributed by atoms with E-state index in [9.17, 15) is 0 Å². The van der Waals surface area contributed by atoms with E-state index in [-0.39, 0.29) is 47.9 Å². The Balaban J connectivity index is -0.000000270. The van der Waals surface area contributed by atoms with Crippen molar-refractivity contribution in [3.8, 4) is 0 Å². The molecule has 4 heteroatoms. The van der Waals surface area contributed by atoms with E-state index in [2.05, 4.69) is 24.4 Å². The molecule has 0 aliphatic carbocycles. The number of hydrogen-bond acceptors (Lipinski definition) is 1. The third-order valence-corrected chi connectivity index (χ3v) is 1.15. The first-order chi connectivity index (χ1) is 4.43. The van der Waals surface area contributed by atoms with Crippen molar-refractivity contribution in [3.05, 3.63) is 30.3 Å². The predicted octanol–water partition coefficient (Wildman–Crippen LogP) is -4.25. The zero-order valence-electron chi connectivity index (χ0n) is 7.06.